The van der Waals surface area contributed by atoms with Gasteiger partial charge >= 0.3 is 0 Å². The molecule has 156 valence electrons. The summed E-state index contributed by atoms with van der Waals surface area (Å²) in [5.74, 6) is 1.01. The second-order valence-electron chi connectivity index (χ2n) is 7.37. The zero-order chi connectivity index (χ0) is 21.7. The van der Waals surface area contributed by atoms with Crippen molar-refractivity contribution in [3.63, 3.8) is 0 Å². The number of anilines is 1. The third kappa shape index (κ3) is 2.91. The van der Waals surface area contributed by atoms with Crippen LogP contribution in [0.15, 0.2) is 57.8 Å². The van der Waals surface area contributed by atoms with Crippen LogP contribution in [-0.4, -0.2) is 23.8 Å². The lowest BCUT2D eigenvalue weighted by molar-refractivity contribution is 0.407. The molecule has 1 N–H and O–H groups in total. The van der Waals surface area contributed by atoms with Gasteiger partial charge in [0.25, 0.3) is 0 Å². The van der Waals surface area contributed by atoms with Crippen LogP contribution in [0.5, 0.6) is 11.5 Å². The maximum Gasteiger partial charge on any atom is 0.203 e. The van der Waals surface area contributed by atoms with Crippen molar-refractivity contribution >= 4 is 48.8 Å². The summed E-state index contributed by atoms with van der Waals surface area (Å²) in [6.07, 6.45) is 0. The fraction of sp³-hybridized carbons (Fsp3) is 0.167. The molecule has 0 saturated heterocycles. The summed E-state index contributed by atoms with van der Waals surface area (Å²) in [6, 6.07) is 15.8. The minimum atomic E-state index is -0.125. The van der Waals surface area contributed by atoms with Crippen molar-refractivity contribution in [3.05, 3.63) is 74.5 Å². The van der Waals surface area contributed by atoms with E-state index in [1.54, 1.807) is 24.8 Å². The Morgan fingerprint density at radius 2 is 1.81 bits per heavy atom. The molecule has 0 bridgehead atoms. The molecule has 0 aliphatic rings. The molecule has 3 aromatic carbocycles. The normalized spacial score (nSPS) is 11.5. The number of nitrogens with one attached hydrogen (secondary N) is 1. The minimum Gasteiger partial charge on any atom is -0.495 e. The number of nitrogens with zero attached hydrogens (tertiary/aromatic N) is 2. The minimum absolute atomic E-state index is 0.125. The van der Waals surface area contributed by atoms with Gasteiger partial charge in [0, 0.05) is 23.7 Å². The molecule has 2 aromatic heterocycles. The van der Waals surface area contributed by atoms with E-state index in [0.29, 0.717) is 38.8 Å². The molecule has 0 fully saturated rings. The van der Waals surface area contributed by atoms with Crippen LogP contribution < -0.4 is 20.2 Å². The molecule has 0 saturated carbocycles. The van der Waals surface area contributed by atoms with Crippen molar-refractivity contribution in [1.29, 1.82) is 0 Å². The van der Waals surface area contributed by atoms with Gasteiger partial charge in [-0.15, -0.1) is 0 Å². The lowest BCUT2D eigenvalue weighted by Gasteiger charge is -2.15. The highest BCUT2D eigenvalue weighted by Gasteiger charge is 2.24. The smallest absolute Gasteiger partial charge is 0.203 e. The van der Waals surface area contributed by atoms with E-state index in [1.165, 1.54) is 0 Å². The Balaban J connectivity index is 1.88. The van der Waals surface area contributed by atoms with E-state index in [-0.39, 0.29) is 5.43 Å². The number of rotatable bonds is 5. The molecule has 0 unspecified atom stereocenters. The molecule has 0 amide bonds. The van der Waals surface area contributed by atoms with E-state index in [0.717, 1.165) is 27.8 Å². The summed E-state index contributed by atoms with van der Waals surface area (Å²) in [5, 5.41) is 10.1. The number of aromatic nitrogens is 2. The molecule has 5 aromatic rings. The average Bonchev–Trinajstić information content (AvgIpc) is 3.12. The molecular weight excluding hydrogens is 458 g/mol. The van der Waals surface area contributed by atoms with Gasteiger partial charge in [-0.05, 0) is 40.5 Å². The van der Waals surface area contributed by atoms with E-state index in [9.17, 15) is 4.79 Å². The first-order valence-electron chi connectivity index (χ1n) is 9.84. The number of methoxy groups -OCH3 is 2. The first kappa shape index (κ1) is 19.6. The quantitative estimate of drug-likeness (QED) is 0.355. The van der Waals surface area contributed by atoms with Crippen LogP contribution in [0.25, 0.3) is 27.2 Å². The van der Waals surface area contributed by atoms with Gasteiger partial charge in [-0.25, -0.2) is 4.52 Å². The van der Waals surface area contributed by atoms with Crippen LogP contribution in [0.1, 0.15) is 11.3 Å². The average molecular weight is 478 g/mol. The Bertz CT molecular complexity index is 1500. The second-order valence-corrected chi connectivity index (χ2v) is 8.22. The van der Waals surface area contributed by atoms with Gasteiger partial charge in [0.05, 0.1) is 40.7 Å². The summed E-state index contributed by atoms with van der Waals surface area (Å²) >= 11 is 3.51. The number of pyridine rings is 1. The number of halogens is 1. The van der Waals surface area contributed by atoms with Crippen molar-refractivity contribution in [2.24, 2.45) is 0 Å². The van der Waals surface area contributed by atoms with Gasteiger partial charge in [0.15, 0.2) is 0 Å². The molecule has 0 radical (unpaired) electrons. The number of benzene rings is 3. The van der Waals surface area contributed by atoms with Gasteiger partial charge in [0.1, 0.15) is 17.0 Å². The summed E-state index contributed by atoms with van der Waals surface area (Å²) < 4.78 is 13.7. The SMILES string of the molecule is COc1c(Br)cc(OC)c2c1c(=O)c1c(NCc3ccccc3)ccc3c(C)nn2c31. The van der Waals surface area contributed by atoms with E-state index in [4.69, 9.17) is 14.6 Å². The first-order valence-corrected chi connectivity index (χ1v) is 10.6. The highest BCUT2D eigenvalue weighted by atomic mass is 79.9. The van der Waals surface area contributed by atoms with Crippen LogP contribution in [0.2, 0.25) is 0 Å². The third-order valence-electron chi connectivity index (χ3n) is 5.62. The molecule has 0 aliphatic heterocycles. The molecule has 2 heterocycles. The topological polar surface area (TPSA) is 64.9 Å². The second kappa shape index (κ2) is 7.42. The van der Waals surface area contributed by atoms with Crippen molar-refractivity contribution in [2.45, 2.75) is 13.5 Å². The van der Waals surface area contributed by atoms with Gasteiger partial charge in [0.2, 0.25) is 5.43 Å². The van der Waals surface area contributed by atoms with Crippen molar-refractivity contribution in [2.75, 3.05) is 19.5 Å². The Kier molecular flexibility index (Phi) is 4.70. The Labute approximate surface area is 186 Å². The number of fused-ring (bicyclic) bond motifs is 2. The van der Waals surface area contributed by atoms with E-state index in [2.05, 4.69) is 21.2 Å². The summed E-state index contributed by atoms with van der Waals surface area (Å²) in [5.41, 5.74) is 3.98. The Hall–Kier alpha value is -3.32. The lowest BCUT2D eigenvalue weighted by atomic mass is 10.0. The van der Waals surface area contributed by atoms with Gasteiger partial charge < -0.3 is 14.8 Å². The van der Waals surface area contributed by atoms with Crippen LogP contribution in [0, 0.1) is 6.92 Å². The molecule has 0 atom stereocenters. The fourth-order valence-electron chi connectivity index (χ4n) is 4.19. The third-order valence-corrected chi connectivity index (χ3v) is 6.21. The molecule has 31 heavy (non-hydrogen) atoms. The highest BCUT2D eigenvalue weighted by molar-refractivity contribution is 9.10. The first-order chi connectivity index (χ1) is 15.0. The number of ether oxygens (including phenoxy) is 2. The molecule has 0 aliphatic carbocycles. The maximum atomic E-state index is 13.9. The van der Waals surface area contributed by atoms with Crippen LogP contribution in [0.4, 0.5) is 5.69 Å². The van der Waals surface area contributed by atoms with E-state index in [1.807, 2.05) is 49.4 Å². The van der Waals surface area contributed by atoms with Gasteiger partial charge in [-0.1, -0.05) is 30.3 Å². The van der Waals surface area contributed by atoms with Gasteiger partial charge in [-0.2, -0.15) is 5.10 Å². The monoisotopic (exact) mass is 477 g/mol. The van der Waals surface area contributed by atoms with Crippen molar-refractivity contribution < 1.29 is 9.47 Å². The lowest BCUT2D eigenvalue weighted by Crippen LogP contribution is -2.12. The summed E-state index contributed by atoms with van der Waals surface area (Å²) in [4.78, 5) is 13.9. The number of hydrogen-bond donors (Lipinski definition) is 1. The largest absolute Gasteiger partial charge is 0.495 e. The van der Waals surface area contributed by atoms with Crippen molar-refractivity contribution in [3.8, 4) is 11.5 Å². The predicted molar refractivity (Wildman–Crippen MR) is 127 cm³/mol. The summed E-state index contributed by atoms with van der Waals surface area (Å²) in [7, 11) is 3.14. The Morgan fingerprint density at radius 1 is 1.03 bits per heavy atom. The van der Waals surface area contributed by atoms with Gasteiger partial charge in [-0.3, -0.25) is 4.79 Å². The number of hydrogen-bond acceptors (Lipinski definition) is 5. The summed E-state index contributed by atoms with van der Waals surface area (Å²) in [6.45, 7) is 2.54. The molecule has 7 heteroatoms. The zero-order valence-corrected chi connectivity index (χ0v) is 18.9. The highest BCUT2D eigenvalue weighted by Crippen LogP contribution is 2.41. The fourth-order valence-corrected chi connectivity index (χ4v) is 4.76. The van der Waals surface area contributed by atoms with Crippen LogP contribution >= 0.6 is 15.9 Å². The molecule has 5 rings (SSSR count). The molecular formula is C24H20BrN3O3. The van der Waals surface area contributed by atoms with Crippen LogP contribution in [-0.2, 0) is 6.54 Å². The van der Waals surface area contributed by atoms with E-state index >= 15 is 0 Å². The van der Waals surface area contributed by atoms with Crippen LogP contribution in [0.3, 0.4) is 0 Å². The Morgan fingerprint density at radius 3 is 2.52 bits per heavy atom. The van der Waals surface area contributed by atoms with E-state index < -0.39 is 0 Å². The predicted octanol–water partition coefficient (Wildman–Crippen LogP) is 5.14. The standard InChI is InChI=1S/C24H20BrN3O3/c1-13-15-9-10-17(26-12-14-7-5-4-6-8-14)19-21(15)28(27-13)22-18(30-2)11-16(25)24(31-3)20(22)23(19)29/h4-11,26H,12H2,1-3H3. The number of aryl methyl sites for hydroxylation is 1. The maximum absolute atomic E-state index is 13.9. The molecule has 6 nitrogen and oxygen atoms in total. The van der Waals surface area contributed by atoms with Crippen molar-refractivity contribution in [1.82, 2.24) is 9.61 Å². The zero-order valence-electron chi connectivity index (χ0n) is 17.3. The molecule has 0 spiro atoms.